The van der Waals surface area contributed by atoms with Gasteiger partial charge in [0.1, 0.15) is 6.23 Å². The van der Waals surface area contributed by atoms with Gasteiger partial charge < -0.3 is 4.74 Å². The van der Waals surface area contributed by atoms with E-state index in [4.69, 9.17) is 4.74 Å². The van der Waals surface area contributed by atoms with Gasteiger partial charge in [-0.3, -0.25) is 9.80 Å². The average molecular weight is 220 g/mol. The van der Waals surface area contributed by atoms with E-state index in [0.717, 1.165) is 26.2 Å². The summed E-state index contributed by atoms with van der Waals surface area (Å²) < 4.78 is 5.46. The summed E-state index contributed by atoms with van der Waals surface area (Å²) in [6.45, 7) is 4.20. The van der Waals surface area contributed by atoms with Crippen molar-refractivity contribution in [3.05, 3.63) is 35.9 Å². The molecule has 0 bridgehead atoms. The van der Waals surface area contributed by atoms with Crippen LogP contribution in [-0.4, -0.2) is 49.8 Å². The lowest BCUT2D eigenvalue weighted by atomic mass is 10.2. The van der Waals surface area contributed by atoms with E-state index in [1.807, 2.05) is 0 Å². The monoisotopic (exact) mass is 220 g/mol. The van der Waals surface area contributed by atoms with Crippen LogP contribution in [0.25, 0.3) is 0 Å². The zero-order valence-electron chi connectivity index (χ0n) is 10.1. The molecule has 1 atom stereocenters. The Morgan fingerprint density at radius 2 is 2.00 bits per heavy atom. The van der Waals surface area contributed by atoms with Gasteiger partial charge >= 0.3 is 0 Å². The fourth-order valence-electron chi connectivity index (χ4n) is 2.13. The van der Waals surface area contributed by atoms with Crippen LogP contribution in [0.15, 0.2) is 30.3 Å². The van der Waals surface area contributed by atoms with Gasteiger partial charge in [-0.05, 0) is 12.6 Å². The minimum absolute atomic E-state index is 0.234. The van der Waals surface area contributed by atoms with Gasteiger partial charge in [0.15, 0.2) is 0 Å². The fourth-order valence-corrected chi connectivity index (χ4v) is 2.13. The Morgan fingerprint density at radius 3 is 2.69 bits per heavy atom. The van der Waals surface area contributed by atoms with Crippen molar-refractivity contribution in [3.63, 3.8) is 0 Å². The summed E-state index contributed by atoms with van der Waals surface area (Å²) in [4.78, 5) is 4.71. The first-order valence-corrected chi connectivity index (χ1v) is 5.79. The first-order chi connectivity index (χ1) is 7.79. The molecule has 0 radical (unpaired) electrons. The molecule has 3 heteroatoms. The summed E-state index contributed by atoms with van der Waals surface area (Å²) in [6.07, 6.45) is 0.234. The molecule has 2 rings (SSSR count). The van der Waals surface area contributed by atoms with Crippen molar-refractivity contribution in [2.45, 2.75) is 12.8 Å². The summed E-state index contributed by atoms with van der Waals surface area (Å²) in [6, 6.07) is 10.6. The Kier molecular flexibility index (Phi) is 3.93. The molecule has 1 unspecified atom stereocenters. The largest absolute Gasteiger partial charge is 0.365 e. The number of methoxy groups -OCH3 is 1. The number of nitrogens with zero attached hydrogens (tertiary/aromatic N) is 2. The molecule has 0 saturated carbocycles. The lowest BCUT2D eigenvalue weighted by Gasteiger charge is -2.38. The van der Waals surface area contributed by atoms with Gasteiger partial charge in [-0.1, -0.05) is 30.3 Å². The predicted molar refractivity (Wildman–Crippen MR) is 65.1 cm³/mol. The number of piperazine rings is 1. The number of hydrogen-bond donors (Lipinski definition) is 0. The van der Waals surface area contributed by atoms with E-state index in [9.17, 15) is 0 Å². The highest BCUT2D eigenvalue weighted by Crippen LogP contribution is 2.11. The number of hydrogen-bond acceptors (Lipinski definition) is 3. The standard InChI is InChI=1S/C13H20N2O/c1-14-8-9-15(11-13(14)16-2)10-12-6-4-3-5-7-12/h3-7,13H,8-11H2,1-2H3. The maximum absolute atomic E-state index is 5.46. The van der Waals surface area contributed by atoms with Gasteiger partial charge in [-0.15, -0.1) is 0 Å². The maximum atomic E-state index is 5.46. The Labute approximate surface area is 97.6 Å². The molecule has 0 aliphatic carbocycles. The van der Waals surface area contributed by atoms with Crippen LogP contribution in [0.3, 0.4) is 0 Å². The Balaban J connectivity index is 1.92. The number of likely N-dealkylation sites (N-methyl/N-ethyl adjacent to an activating group) is 1. The molecule has 1 aromatic rings. The summed E-state index contributed by atoms with van der Waals surface area (Å²) in [5, 5.41) is 0. The van der Waals surface area contributed by atoms with Crippen molar-refractivity contribution in [1.82, 2.24) is 9.80 Å². The molecular formula is C13H20N2O. The van der Waals surface area contributed by atoms with Gasteiger partial charge in [0, 0.05) is 33.3 Å². The Morgan fingerprint density at radius 1 is 1.25 bits per heavy atom. The Bertz CT molecular complexity index is 315. The van der Waals surface area contributed by atoms with Gasteiger partial charge in [-0.25, -0.2) is 0 Å². The van der Waals surface area contributed by atoms with Crippen LogP contribution in [0.2, 0.25) is 0 Å². The second kappa shape index (κ2) is 5.43. The average Bonchev–Trinajstić information content (AvgIpc) is 2.33. The normalized spacial score (nSPS) is 23.5. The quantitative estimate of drug-likeness (QED) is 0.766. The van der Waals surface area contributed by atoms with Crippen LogP contribution >= 0.6 is 0 Å². The second-order valence-corrected chi connectivity index (χ2v) is 4.39. The molecule has 0 N–H and O–H groups in total. The van der Waals surface area contributed by atoms with Crippen LogP contribution < -0.4 is 0 Å². The third-order valence-corrected chi connectivity index (χ3v) is 3.20. The molecule has 88 valence electrons. The van der Waals surface area contributed by atoms with E-state index >= 15 is 0 Å². The molecule has 0 spiro atoms. The van der Waals surface area contributed by atoms with Crippen LogP contribution in [0.5, 0.6) is 0 Å². The highest BCUT2D eigenvalue weighted by molar-refractivity contribution is 5.14. The third-order valence-electron chi connectivity index (χ3n) is 3.20. The number of rotatable bonds is 3. The van der Waals surface area contributed by atoms with Crippen molar-refractivity contribution in [3.8, 4) is 0 Å². The highest BCUT2D eigenvalue weighted by atomic mass is 16.5. The zero-order chi connectivity index (χ0) is 11.4. The van der Waals surface area contributed by atoms with Crippen molar-refractivity contribution < 1.29 is 4.74 Å². The number of benzene rings is 1. The molecule has 1 aliphatic rings. The van der Waals surface area contributed by atoms with E-state index in [1.165, 1.54) is 5.56 Å². The van der Waals surface area contributed by atoms with E-state index in [-0.39, 0.29) is 6.23 Å². The van der Waals surface area contributed by atoms with Crippen LogP contribution in [-0.2, 0) is 11.3 Å². The van der Waals surface area contributed by atoms with E-state index in [2.05, 4.69) is 47.2 Å². The van der Waals surface area contributed by atoms with Crippen molar-refractivity contribution >= 4 is 0 Å². The maximum Gasteiger partial charge on any atom is 0.122 e. The fraction of sp³-hybridized carbons (Fsp3) is 0.538. The molecule has 3 nitrogen and oxygen atoms in total. The van der Waals surface area contributed by atoms with E-state index in [1.54, 1.807) is 7.11 Å². The topological polar surface area (TPSA) is 15.7 Å². The predicted octanol–water partition coefficient (Wildman–Crippen LogP) is 1.41. The summed E-state index contributed by atoms with van der Waals surface area (Å²) in [5.74, 6) is 0. The summed E-state index contributed by atoms with van der Waals surface area (Å²) >= 11 is 0. The Hall–Kier alpha value is -0.900. The van der Waals surface area contributed by atoms with E-state index < -0.39 is 0 Å². The zero-order valence-corrected chi connectivity index (χ0v) is 10.1. The summed E-state index contributed by atoms with van der Waals surface area (Å²) in [7, 11) is 3.90. The van der Waals surface area contributed by atoms with Crippen LogP contribution in [0, 0.1) is 0 Å². The SMILES string of the molecule is COC1CN(Cc2ccccc2)CCN1C. The first-order valence-electron chi connectivity index (χ1n) is 5.79. The van der Waals surface area contributed by atoms with Gasteiger partial charge in [0.05, 0.1) is 0 Å². The second-order valence-electron chi connectivity index (χ2n) is 4.39. The van der Waals surface area contributed by atoms with Gasteiger partial charge in [0.25, 0.3) is 0 Å². The van der Waals surface area contributed by atoms with E-state index in [0.29, 0.717) is 0 Å². The molecule has 1 heterocycles. The van der Waals surface area contributed by atoms with Crippen LogP contribution in [0.4, 0.5) is 0 Å². The van der Waals surface area contributed by atoms with Crippen LogP contribution in [0.1, 0.15) is 5.56 Å². The summed E-state index contributed by atoms with van der Waals surface area (Å²) in [5.41, 5.74) is 1.38. The molecule has 1 saturated heterocycles. The van der Waals surface area contributed by atoms with Gasteiger partial charge in [0.2, 0.25) is 0 Å². The molecule has 1 aliphatic heterocycles. The lowest BCUT2D eigenvalue weighted by Crippen LogP contribution is -2.51. The molecule has 1 aromatic carbocycles. The minimum Gasteiger partial charge on any atom is -0.365 e. The molecule has 1 fully saturated rings. The molecule has 0 aromatic heterocycles. The minimum atomic E-state index is 0.234. The van der Waals surface area contributed by atoms with Crippen molar-refractivity contribution in [2.24, 2.45) is 0 Å². The number of ether oxygens (including phenoxy) is 1. The third kappa shape index (κ3) is 2.82. The molecular weight excluding hydrogens is 200 g/mol. The molecule has 0 amide bonds. The van der Waals surface area contributed by atoms with Gasteiger partial charge in [-0.2, -0.15) is 0 Å². The van der Waals surface area contributed by atoms with Crippen molar-refractivity contribution in [2.75, 3.05) is 33.8 Å². The smallest absolute Gasteiger partial charge is 0.122 e. The highest BCUT2D eigenvalue weighted by Gasteiger charge is 2.23. The molecule has 16 heavy (non-hydrogen) atoms. The lowest BCUT2D eigenvalue weighted by molar-refractivity contribution is -0.0701. The first kappa shape index (κ1) is 11.6. The van der Waals surface area contributed by atoms with Crippen molar-refractivity contribution in [1.29, 1.82) is 0 Å².